The standard InChI is InChI=1S/C19H30N4.C17H21NO2S/c1-7-10-11-16(17-12-13-22-23(17)6)18(15(5)21-9-3)19(20)14(4)8-2;1-12-8-9-15(19-12)10-21-11-16-13(2)18-20-17(16)14-6-4-3-5-7-14/h9,11-13H,7-8,10,20H2,1-6H3;3-7,12,15H,8-11H2,1-2H3/b16-11-,18-15-,19-14-,21-9?;. The second-order valence-corrected chi connectivity index (χ2v) is 12.3. The van der Waals surface area contributed by atoms with E-state index in [4.69, 9.17) is 15.0 Å². The number of nitrogens with two attached hydrogens (primary N) is 1. The predicted molar refractivity (Wildman–Crippen MR) is 187 cm³/mol. The Balaban J connectivity index is 0.000000241. The van der Waals surface area contributed by atoms with E-state index >= 15 is 0 Å². The van der Waals surface area contributed by atoms with Gasteiger partial charge >= 0.3 is 0 Å². The molecule has 2 unspecified atom stereocenters. The molecule has 2 atom stereocenters. The quantitative estimate of drug-likeness (QED) is 0.161. The van der Waals surface area contributed by atoms with Gasteiger partial charge in [0.15, 0.2) is 5.76 Å². The summed E-state index contributed by atoms with van der Waals surface area (Å²) in [6.45, 7) is 14.5. The largest absolute Gasteiger partial charge is 0.398 e. The van der Waals surface area contributed by atoms with Gasteiger partial charge in [-0.1, -0.05) is 61.8 Å². The molecular weight excluding hydrogens is 566 g/mol. The van der Waals surface area contributed by atoms with Crippen molar-refractivity contribution in [2.45, 2.75) is 98.5 Å². The van der Waals surface area contributed by atoms with Crippen LogP contribution in [0.2, 0.25) is 0 Å². The van der Waals surface area contributed by atoms with Crippen LogP contribution >= 0.6 is 11.8 Å². The van der Waals surface area contributed by atoms with E-state index in [0.717, 1.165) is 76.0 Å². The number of rotatable bonds is 12. The van der Waals surface area contributed by atoms with Crippen LogP contribution in [0.5, 0.6) is 0 Å². The van der Waals surface area contributed by atoms with E-state index in [1.54, 1.807) is 0 Å². The van der Waals surface area contributed by atoms with Crippen molar-refractivity contribution in [2.24, 2.45) is 17.8 Å². The third-order valence-electron chi connectivity index (χ3n) is 7.84. The average molecular weight is 618 g/mol. The Morgan fingerprint density at radius 3 is 2.50 bits per heavy atom. The molecule has 238 valence electrons. The van der Waals surface area contributed by atoms with E-state index in [2.05, 4.69) is 61.2 Å². The van der Waals surface area contributed by atoms with Crippen molar-refractivity contribution in [1.29, 1.82) is 0 Å². The Morgan fingerprint density at radius 2 is 1.91 bits per heavy atom. The van der Waals surface area contributed by atoms with E-state index in [1.807, 2.05) is 80.9 Å². The zero-order valence-electron chi connectivity index (χ0n) is 27.9. The Hall–Kier alpha value is -3.36. The molecule has 0 spiro atoms. The Morgan fingerprint density at radius 1 is 1.16 bits per heavy atom. The maximum Gasteiger partial charge on any atom is 0.171 e. The van der Waals surface area contributed by atoms with E-state index in [0.29, 0.717) is 12.2 Å². The van der Waals surface area contributed by atoms with Crippen LogP contribution in [-0.2, 0) is 17.5 Å². The molecule has 1 aliphatic heterocycles. The highest BCUT2D eigenvalue weighted by Crippen LogP contribution is 2.33. The van der Waals surface area contributed by atoms with Crippen molar-refractivity contribution >= 4 is 23.5 Å². The van der Waals surface area contributed by atoms with Gasteiger partial charge in [0, 0.05) is 64.6 Å². The summed E-state index contributed by atoms with van der Waals surface area (Å²) in [5.74, 6) is 2.87. The van der Waals surface area contributed by atoms with Gasteiger partial charge in [0.1, 0.15) is 0 Å². The number of thioether (sulfide) groups is 1. The molecule has 0 amide bonds. The summed E-state index contributed by atoms with van der Waals surface area (Å²) in [6.07, 6.45) is 12.1. The van der Waals surface area contributed by atoms with E-state index in [-0.39, 0.29) is 0 Å². The molecule has 1 fully saturated rings. The van der Waals surface area contributed by atoms with Crippen LogP contribution in [0.25, 0.3) is 16.9 Å². The second kappa shape index (κ2) is 17.8. The molecule has 8 heteroatoms. The molecule has 1 aromatic carbocycles. The first-order valence-corrected chi connectivity index (χ1v) is 16.9. The fraction of sp³-hybridized carbons (Fsp3) is 0.472. The van der Waals surface area contributed by atoms with Crippen LogP contribution in [-0.4, -0.2) is 39.1 Å². The lowest BCUT2D eigenvalue weighted by atomic mass is 9.93. The summed E-state index contributed by atoms with van der Waals surface area (Å²) in [7, 11) is 1.96. The molecule has 4 rings (SSSR count). The van der Waals surface area contributed by atoms with Crippen molar-refractivity contribution in [3.05, 3.63) is 88.2 Å². The molecule has 0 saturated carbocycles. The summed E-state index contributed by atoms with van der Waals surface area (Å²) < 4.78 is 13.3. The summed E-state index contributed by atoms with van der Waals surface area (Å²) in [4.78, 5) is 4.50. The SMILES string of the molecule is CC=N/C(C)=C(C(\N)=C(/C)CC)/C(=C\CCC)c1ccnn1C.Cc1noc(-c2ccccc2)c1CSCC1CCC(C)O1. The second-order valence-electron chi connectivity index (χ2n) is 11.2. The van der Waals surface area contributed by atoms with Crippen molar-refractivity contribution < 1.29 is 9.26 Å². The maximum absolute atomic E-state index is 6.51. The molecule has 1 saturated heterocycles. The van der Waals surface area contributed by atoms with Gasteiger partial charge in [-0.05, 0) is 71.9 Å². The summed E-state index contributed by atoms with van der Waals surface area (Å²) in [5.41, 5.74) is 15.9. The molecule has 7 nitrogen and oxygen atoms in total. The first kappa shape index (κ1) is 35.1. The fourth-order valence-electron chi connectivity index (χ4n) is 5.13. The minimum Gasteiger partial charge on any atom is -0.398 e. The molecule has 2 N–H and O–H groups in total. The molecule has 2 aromatic heterocycles. The minimum absolute atomic E-state index is 0.408. The van der Waals surface area contributed by atoms with Gasteiger partial charge in [0.05, 0.1) is 23.6 Å². The lowest BCUT2D eigenvalue weighted by Gasteiger charge is -2.17. The van der Waals surface area contributed by atoms with Crippen molar-refractivity contribution in [3.8, 4) is 11.3 Å². The Bertz CT molecular complexity index is 1450. The number of nitrogens with zero attached hydrogens (tertiary/aromatic N) is 4. The van der Waals surface area contributed by atoms with Crippen LogP contribution in [0, 0.1) is 6.92 Å². The van der Waals surface area contributed by atoms with Crippen LogP contribution in [0.15, 0.2) is 80.7 Å². The van der Waals surface area contributed by atoms with Crippen molar-refractivity contribution in [3.63, 3.8) is 0 Å². The van der Waals surface area contributed by atoms with Gasteiger partial charge in [0.25, 0.3) is 0 Å². The molecule has 1 aliphatic rings. The maximum atomic E-state index is 6.51. The highest BCUT2D eigenvalue weighted by Gasteiger charge is 2.22. The predicted octanol–water partition coefficient (Wildman–Crippen LogP) is 9.06. The molecule has 3 heterocycles. The fourth-order valence-corrected chi connectivity index (χ4v) is 6.30. The average Bonchev–Trinajstić information content (AvgIpc) is 3.75. The van der Waals surface area contributed by atoms with Gasteiger partial charge in [-0.25, -0.2) is 0 Å². The summed E-state index contributed by atoms with van der Waals surface area (Å²) >= 11 is 1.91. The topological polar surface area (TPSA) is 91.5 Å². The number of aryl methyl sites for hydroxylation is 2. The molecule has 0 radical (unpaired) electrons. The monoisotopic (exact) mass is 617 g/mol. The Kier molecular flexibility index (Phi) is 14.2. The molecule has 0 aliphatic carbocycles. The minimum atomic E-state index is 0.408. The molecule has 0 bridgehead atoms. The molecule has 44 heavy (non-hydrogen) atoms. The van der Waals surface area contributed by atoms with E-state index < -0.39 is 0 Å². The number of hydrogen-bond acceptors (Lipinski definition) is 7. The summed E-state index contributed by atoms with van der Waals surface area (Å²) in [5, 5.41) is 8.45. The third-order valence-corrected chi connectivity index (χ3v) is 8.94. The summed E-state index contributed by atoms with van der Waals surface area (Å²) in [6, 6.07) is 12.2. The smallest absolute Gasteiger partial charge is 0.171 e. The first-order valence-electron chi connectivity index (χ1n) is 15.8. The zero-order chi connectivity index (χ0) is 32.1. The zero-order valence-corrected chi connectivity index (χ0v) is 28.7. The van der Waals surface area contributed by atoms with Gasteiger partial charge in [-0.15, -0.1) is 0 Å². The number of hydrogen-bond donors (Lipinski definition) is 1. The number of aliphatic imine (C=N–C) groups is 1. The van der Waals surface area contributed by atoms with E-state index in [1.165, 1.54) is 24.0 Å². The van der Waals surface area contributed by atoms with Crippen molar-refractivity contribution in [1.82, 2.24) is 14.9 Å². The van der Waals surface area contributed by atoms with Gasteiger partial charge in [0.2, 0.25) is 0 Å². The normalized spacial score (nSPS) is 18.2. The van der Waals surface area contributed by atoms with Crippen LogP contribution < -0.4 is 5.73 Å². The first-order chi connectivity index (χ1) is 21.2. The molecule has 3 aromatic rings. The Labute approximate surface area is 268 Å². The van der Waals surface area contributed by atoms with Crippen LogP contribution in [0.4, 0.5) is 0 Å². The highest BCUT2D eigenvalue weighted by molar-refractivity contribution is 7.98. The molecular formula is C36H51N5O2S. The lowest BCUT2D eigenvalue weighted by molar-refractivity contribution is 0.0700. The van der Waals surface area contributed by atoms with Crippen LogP contribution in [0.3, 0.4) is 0 Å². The van der Waals surface area contributed by atoms with Crippen LogP contribution in [0.1, 0.15) is 90.6 Å². The highest BCUT2D eigenvalue weighted by atomic mass is 32.2. The number of aromatic nitrogens is 3. The number of benzene rings is 1. The third kappa shape index (κ3) is 9.57. The lowest BCUT2D eigenvalue weighted by Crippen LogP contribution is -2.11. The van der Waals surface area contributed by atoms with Gasteiger partial charge in [-0.2, -0.15) is 16.9 Å². The number of unbranched alkanes of at least 4 members (excludes halogenated alkanes) is 1. The van der Waals surface area contributed by atoms with Crippen molar-refractivity contribution in [2.75, 3.05) is 5.75 Å². The van der Waals surface area contributed by atoms with Gasteiger partial charge in [-0.3, -0.25) is 9.67 Å². The number of allylic oxidation sites excluding steroid dienone is 4. The van der Waals surface area contributed by atoms with E-state index in [9.17, 15) is 0 Å². The van der Waals surface area contributed by atoms with Gasteiger partial charge < -0.3 is 15.0 Å². The number of ether oxygens (including phenoxy) is 1.